The number of amides is 1. The number of nitrogens with one attached hydrogen (secondary N) is 3. The van der Waals surface area contributed by atoms with Crippen molar-refractivity contribution in [3.8, 4) is 0 Å². The quantitative estimate of drug-likeness (QED) is 0.604. The summed E-state index contributed by atoms with van der Waals surface area (Å²) in [5.41, 5.74) is -0.190. The van der Waals surface area contributed by atoms with Crippen LogP contribution in [0.4, 0.5) is 24.7 Å². The van der Waals surface area contributed by atoms with E-state index in [9.17, 15) is 18.0 Å². The van der Waals surface area contributed by atoms with Crippen LogP contribution in [0.3, 0.4) is 0 Å². The van der Waals surface area contributed by atoms with E-state index in [4.69, 9.17) is 17.0 Å². The monoisotopic (exact) mass is 398 g/mol. The second kappa shape index (κ2) is 7.96. The predicted octanol–water partition coefficient (Wildman–Crippen LogP) is 5.21. The maximum atomic E-state index is 12.6. The van der Waals surface area contributed by atoms with E-state index >= 15 is 0 Å². The van der Waals surface area contributed by atoms with E-state index in [0.717, 1.165) is 24.3 Å². The zero-order valence-corrected chi connectivity index (χ0v) is 15.6. The molecule has 0 saturated heterocycles. The van der Waals surface area contributed by atoms with Gasteiger partial charge in [-0.15, -0.1) is 0 Å². The Balaban J connectivity index is 2.31. The number of rotatable bonds is 5. The molecule has 3 N–H and O–H groups in total. The Bertz CT molecular complexity index is 864. The molecule has 0 bridgehead atoms. The fourth-order valence-electron chi connectivity index (χ4n) is 2.31. The van der Waals surface area contributed by atoms with Crippen LogP contribution in [0.1, 0.15) is 42.3 Å². The Hall–Kier alpha value is -2.61. The standard InChI is InChI=1S/C18H18ClF3N4O/c1-9(2)25-16-14(10(3)23)15(19)13(8-24-16)17(27)26-12-6-4-11(5-7-12)18(20,21)22/h4-9,23H,1-3H3,(H,24,25)(H,26,27). The molecule has 0 fully saturated rings. The normalized spacial score (nSPS) is 11.4. The molecule has 0 atom stereocenters. The van der Waals surface area contributed by atoms with Gasteiger partial charge in [0.15, 0.2) is 0 Å². The Morgan fingerprint density at radius 2 is 1.81 bits per heavy atom. The van der Waals surface area contributed by atoms with Gasteiger partial charge in [-0.2, -0.15) is 13.2 Å². The van der Waals surface area contributed by atoms with Crippen LogP contribution in [-0.2, 0) is 6.18 Å². The first-order chi connectivity index (χ1) is 12.5. The first kappa shape index (κ1) is 20.7. The van der Waals surface area contributed by atoms with Crippen molar-refractivity contribution in [2.75, 3.05) is 10.6 Å². The number of nitrogens with zero attached hydrogens (tertiary/aromatic N) is 1. The van der Waals surface area contributed by atoms with Crippen LogP contribution in [0, 0.1) is 5.41 Å². The molecule has 2 rings (SSSR count). The minimum absolute atomic E-state index is 0.0208. The molecule has 27 heavy (non-hydrogen) atoms. The molecule has 1 heterocycles. The van der Waals surface area contributed by atoms with Gasteiger partial charge in [0.1, 0.15) is 5.82 Å². The van der Waals surface area contributed by atoms with Gasteiger partial charge < -0.3 is 16.0 Å². The molecule has 144 valence electrons. The van der Waals surface area contributed by atoms with E-state index < -0.39 is 17.6 Å². The number of benzene rings is 1. The molecular formula is C18H18ClF3N4O. The van der Waals surface area contributed by atoms with Crippen LogP contribution in [0.2, 0.25) is 5.02 Å². The highest BCUT2D eigenvalue weighted by Crippen LogP contribution is 2.31. The third-order valence-electron chi connectivity index (χ3n) is 3.53. The second-order valence-electron chi connectivity index (χ2n) is 6.16. The molecule has 9 heteroatoms. The van der Waals surface area contributed by atoms with E-state index in [1.54, 1.807) is 0 Å². The zero-order valence-electron chi connectivity index (χ0n) is 14.8. The van der Waals surface area contributed by atoms with Gasteiger partial charge in [-0.05, 0) is 45.0 Å². The highest BCUT2D eigenvalue weighted by atomic mass is 35.5. The average molecular weight is 399 g/mol. The van der Waals surface area contributed by atoms with Crippen LogP contribution in [0.5, 0.6) is 0 Å². The molecular weight excluding hydrogens is 381 g/mol. The highest BCUT2D eigenvalue weighted by molar-refractivity contribution is 6.38. The smallest absolute Gasteiger partial charge is 0.367 e. The number of hydrogen-bond acceptors (Lipinski definition) is 4. The number of alkyl halides is 3. The molecule has 0 aliphatic carbocycles. The summed E-state index contributed by atoms with van der Waals surface area (Å²) in [6.45, 7) is 5.31. The summed E-state index contributed by atoms with van der Waals surface area (Å²) < 4.78 is 37.8. The number of pyridine rings is 1. The number of aromatic nitrogens is 1. The van der Waals surface area contributed by atoms with E-state index in [1.807, 2.05) is 13.8 Å². The fourth-order valence-corrected chi connectivity index (χ4v) is 2.68. The van der Waals surface area contributed by atoms with Gasteiger partial charge in [0.05, 0.1) is 21.7 Å². The molecule has 5 nitrogen and oxygen atoms in total. The van der Waals surface area contributed by atoms with Crippen molar-refractivity contribution < 1.29 is 18.0 Å². The van der Waals surface area contributed by atoms with Crippen molar-refractivity contribution in [1.29, 1.82) is 5.41 Å². The zero-order chi connectivity index (χ0) is 20.4. The molecule has 0 radical (unpaired) electrons. The van der Waals surface area contributed by atoms with Crippen LogP contribution < -0.4 is 10.6 Å². The number of anilines is 2. The van der Waals surface area contributed by atoms with Gasteiger partial charge in [-0.3, -0.25) is 4.79 Å². The maximum Gasteiger partial charge on any atom is 0.416 e. The van der Waals surface area contributed by atoms with Crippen LogP contribution in [0.25, 0.3) is 0 Å². The molecule has 2 aromatic rings. The van der Waals surface area contributed by atoms with Crippen molar-refractivity contribution in [2.24, 2.45) is 0 Å². The van der Waals surface area contributed by atoms with Gasteiger partial charge in [-0.25, -0.2) is 4.98 Å². The van der Waals surface area contributed by atoms with Crippen molar-refractivity contribution in [1.82, 2.24) is 4.98 Å². The van der Waals surface area contributed by atoms with Gasteiger partial charge in [0, 0.05) is 23.6 Å². The van der Waals surface area contributed by atoms with E-state index in [2.05, 4.69) is 15.6 Å². The van der Waals surface area contributed by atoms with Crippen LogP contribution in [0.15, 0.2) is 30.5 Å². The Morgan fingerprint density at radius 3 is 2.30 bits per heavy atom. The average Bonchev–Trinajstić information content (AvgIpc) is 2.53. The van der Waals surface area contributed by atoms with Crippen molar-refractivity contribution in [2.45, 2.75) is 33.0 Å². The molecule has 0 unspecified atom stereocenters. The minimum Gasteiger partial charge on any atom is -0.367 e. The number of hydrogen-bond donors (Lipinski definition) is 3. The number of carbonyl (C=O) groups excluding carboxylic acids is 1. The summed E-state index contributed by atoms with van der Waals surface area (Å²) in [5, 5.41) is 13.5. The lowest BCUT2D eigenvalue weighted by atomic mass is 10.1. The Labute approximate surface area is 159 Å². The van der Waals surface area contributed by atoms with Crippen molar-refractivity contribution in [3.05, 3.63) is 52.2 Å². The number of carbonyl (C=O) groups is 1. The summed E-state index contributed by atoms with van der Waals surface area (Å²) in [6, 6.07) is 4.09. The first-order valence-corrected chi connectivity index (χ1v) is 8.37. The van der Waals surface area contributed by atoms with Crippen molar-refractivity contribution >= 4 is 34.7 Å². The maximum absolute atomic E-state index is 12.6. The van der Waals surface area contributed by atoms with Crippen LogP contribution in [-0.4, -0.2) is 22.6 Å². The summed E-state index contributed by atoms with van der Waals surface area (Å²) in [6.07, 6.45) is -3.19. The second-order valence-corrected chi connectivity index (χ2v) is 6.54. The molecule has 0 aliphatic rings. The van der Waals surface area contributed by atoms with E-state index in [0.29, 0.717) is 11.4 Å². The van der Waals surface area contributed by atoms with Gasteiger partial charge in [0.2, 0.25) is 0 Å². The third-order valence-corrected chi connectivity index (χ3v) is 3.92. The molecule has 1 aromatic carbocycles. The molecule has 1 aromatic heterocycles. The highest BCUT2D eigenvalue weighted by Gasteiger charge is 2.30. The van der Waals surface area contributed by atoms with Crippen molar-refractivity contribution in [3.63, 3.8) is 0 Å². The first-order valence-electron chi connectivity index (χ1n) is 8.00. The topological polar surface area (TPSA) is 77.9 Å². The van der Waals surface area contributed by atoms with Crippen LogP contribution >= 0.6 is 11.6 Å². The van der Waals surface area contributed by atoms with E-state index in [1.165, 1.54) is 13.1 Å². The minimum atomic E-state index is -4.45. The molecule has 0 spiro atoms. The fraction of sp³-hybridized carbons (Fsp3) is 0.278. The summed E-state index contributed by atoms with van der Waals surface area (Å²) in [4.78, 5) is 16.6. The summed E-state index contributed by atoms with van der Waals surface area (Å²) >= 11 is 6.31. The van der Waals surface area contributed by atoms with Gasteiger partial charge in [0.25, 0.3) is 5.91 Å². The third kappa shape index (κ3) is 4.97. The SMILES string of the molecule is CC(=N)c1c(NC(C)C)ncc(C(=O)Nc2ccc(C(F)(F)F)cc2)c1Cl. The molecule has 0 saturated carbocycles. The van der Waals surface area contributed by atoms with E-state index in [-0.39, 0.29) is 28.0 Å². The predicted molar refractivity (Wildman–Crippen MR) is 99.9 cm³/mol. The Kier molecular flexibility index (Phi) is 6.10. The lowest BCUT2D eigenvalue weighted by Crippen LogP contribution is -2.18. The Morgan fingerprint density at radius 1 is 1.22 bits per heavy atom. The van der Waals surface area contributed by atoms with Gasteiger partial charge >= 0.3 is 6.18 Å². The summed E-state index contributed by atoms with van der Waals surface area (Å²) in [5.74, 6) is -0.251. The molecule has 0 aliphatic heterocycles. The number of halogens is 4. The van der Waals surface area contributed by atoms with Gasteiger partial charge in [-0.1, -0.05) is 11.6 Å². The largest absolute Gasteiger partial charge is 0.416 e. The molecule has 1 amide bonds. The lowest BCUT2D eigenvalue weighted by Gasteiger charge is -2.16. The lowest BCUT2D eigenvalue weighted by molar-refractivity contribution is -0.137. The summed E-state index contributed by atoms with van der Waals surface area (Å²) in [7, 11) is 0.